The van der Waals surface area contributed by atoms with Crippen LogP contribution >= 0.6 is 11.8 Å². The third kappa shape index (κ3) is 3.82. The number of carbonyl (C=O) groups excluding carboxylic acids is 1. The van der Waals surface area contributed by atoms with Gasteiger partial charge in [0.05, 0.1) is 4.92 Å². The van der Waals surface area contributed by atoms with Gasteiger partial charge in [0.25, 0.3) is 5.69 Å². The number of anilines is 1. The first-order valence-electron chi connectivity index (χ1n) is 6.24. The van der Waals surface area contributed by atoms with E-state index in [9.17, 15) is 14.9 Å². The molecule has 1 amide bonds. The van der Waals surface area contributed by atoms with E-state index in [4.69, 9.17) is 0 Å². The molecule has 0 aliphatic carbocycles. The molecule has 0 aromatic heterocycles. The zero-order valence-corrected chi connectivity index (χ0v) is 12.5. The second-order valence-corrected chi connectivity index (χ2v) is 5.58. The van der Waals surface area contributed by atoms with Gasteiger partial charge in [-0.1, -0.05) is 17.8 Å². The Hall–Kier alpha value is -2.34. The molecule has 108 valence electrons. The van der Waals surface area contributed by atoms with E-state index in [1.165, 1.54) is 30.8 Å². The van der Waals surface area contributed by atoms with Crippen LogP contribution in [0.25, 0.3) is 0 Å². The molecular formula is C15H14N2O3S. The molecular weight excluding hydrogens is 288 g/mol. The third-order valence-corrected chi connectivity index (χ3v) is 3.96. The Labute approximate surface area is 126 Å². The summed E-state index contributed by atoms with van der Waals surface area (Å²) in [5.41, 5.74) is 0.888. The first-order valence-corrected chi connectivity index (χ1v) is 7.05. The van der Waals surface area contributed by atoms with Crippen LogP contribution in [0, 0.1) is 10.1 Å². The third-order valence-electron chi connectivity index (χ3n) is 2.96. The van der Waals surface area contributed by atoms with Crippen molar-refractivity contribution in [3.8, 4) is 0 Å². The van der Waals surface area contributed by atoms with Crippen LogP contribution in [0.1, 0.15) is 6.92 Å². The number of non-ortho nitro benzene ring substituents is 1. The molecule has 2 aromatic carbocycles. The Morgan fingerprint density at radius 2 is 1.81 bits per heavy atom. The summed E-state index contributed by atoms with van der Waals surface area (Å²) >= 11 is 1.49. The largest absolute Gasteiger partial charge is 0.316 e. The summed E-state index contributed by atoms with van der Waals surface area (Å²) in [4.78, 5) is 25.0. The minimum atomic E-state index is -0.420. The van der Waals surface area contributed by atoms with Crippen molar-refractivity contribution in [3.63, 3.8) is 0 Å². The zero-order chi connectivity index (χ0) is 15.4. The van der Waals surface area contributed by atoms with E-state index in [2.05, 4.69) is 0 Å². The van der Waals surface area contributed by atoms with Crippen LogP contribution in [0.15, 0.2) is 58.3 Å². The van der Waals surface area contributed by atoms with Gasteiger partial charge in [0.1, 0.15) is 0 Å². The highest BCUT2D eigenvalue weighted by atomic mass is 32.2. The molecule has 0 aliphatic heterocycles. The number of benzene rings is 2. The lowest BCUT2D eigenvalue weighted by Crippen LogP contribution is -2.22. The van der Waals surface area contributed by atoms with Crippen LogP contribution in [0.4, 0.5) is 11.4 Å². The number of hydrogen-bond acceptors (Lipinski definition) is 4. The van der Waals surface area contributed by atoms with E-state index in [-0.39, 0.29) is 11.6 Å². The molecule has 0 heterocycles. The van der Waals surface area contributed by atoms with Gasteiger partial charge >= 0.3 is 0 Å². The number of hydrogen-bond donors (Lipinski definition) is 0. The maximum atomic E-state index is 11.4. The predicted molar refractivity (Wildman–Crippen MR) is 82.7 cm³/mol. The monoisotopic (exact) mass is 302 g/mol. The van der Waals surface area contributed by atoms with Crippen molar-refractivity contribution in [3.05, 3.63) is 58.6 Å². The van der Waals surface area contributed by atoms with Crippen LogP contribution in [0.3, 0.4) is 0 Å². The van der Waals surface area contributed by atoms with E-state index >= 15 is 0 Å². The van der Waals surface area contributed by atoms with Gasteiger partial charge in [0, 0.05) is 41.6 Å². The quantitative estimate of drug-likeness (QED) is 0.637. The maximum Gasteiger partial charge on any atom is 0.269 e. The van der Waals surface area contributed by atoms with Gasteiger partial charge in [0.15, 0.2) is 0 Å². The Morgan fingerprint density at radius 3 is 2.38 bits per heavy atom. The molecule has 0 spiro atoms. The van der Waals surface area contributed by atoms with E-state index in [0.29, 0.717) is 0 Å². The van der Waals surface area contributed by atoms with Crippen LogP contribution in [0.5, 0.6) is 0 Å². The minimum Gasteiger partial charge on any atom is -0.316 e. The Bertz CT molecular complexity index is 671. The van der Waals surface area contributed by atoms with Crippen molar-refractivity contribution in [1.29, 1.82) is 0 Å². The van der Waals surface area contributed by atoms with Crippen molar-refractivity contribution in [1.82, 2.24) is 0 Å². The predicted octanol–water partition coefficient (Wildman–Crippen LogP) is 3.73. The number of nitro benzene ring substituents is 1. The summed E-state index contributed by atoms with van der Waals surface area (Å²) in [6, 6.07) is 14.0. The second kappa shape index (κ2) is 6.41. The minimum absolute atomic E-state index is 0.0347. The first-order chi connectivity index (χ1) is 9.97. The SMILES string of the molecule is CC(=O)N(C)c1cccc(Sc2ccc([N+](=O)[O-])cc2)c1. The topological polar surface area (TPSA) is 63.5 Å². The summed E-state index contributed by atoms with van der Waals surface area (Å²) in [6.07, 6.45) is 0. The van der Waals surface area contributed by atoms with Gasteiger partial charge in [-0.25, -0.2) is 0 Å². The van der Waals surface area contributed by atoms with Crippen LogP contribution < -0.4 is 4.90 Å². The van der Waals surface area contributed by atoms with Crippen molar-refractivity contribution in [2.75, 3.05) is 11.9 Å². The fourth-order valence-corrected chi connectivity index (χ4v) is 2.58. The smallest absolute Gasteiger partial charge is 0.269 e. The highest BCUT2D eigenvalue weighted by molar-refractivity contribution is 7.99. The van der Waals surface area contributed by atoms with E-state index in [0.717, 1.165) is 15.5 Å². The molecule has 0 N–H and O–H groups in total. The Morgan fingerprint density at radius 1 is 1.14 bits per heavy atom. The van der Waals surface area contributed by atoms with Gasteiger partial charge in [-0.05, 0) is 30.3 Å². The standard InChI is InChI=1S/C15H14N2O3S/c1-11(18)16(2)13-4-3-5-15(10-13)21-14-8-6-12(7-9-14)17(19)20/h3-10H,1-2H3. The van der Waals surface area contributed by atoms with E-state index in [1.54, 1.807) is 24.1 Å². The maximum absolute atomic E-state index is 11.4. The fourth-order valence-electron chi connectivity index (χ4n) is 1.71. The molecule has 0 fully saturated rings. The Kier molecular flexibility index (Phi) is 4.59. The van der Waals surface area contributed by atoms with Crippen molar-refractivity contribution in [2.45, 2.75) is 16.7 Å². The Balaban J connectivity index is 2.18. The lowest BCUT2D eigenvalue weighted by atomic mass is 10.3. The molecule has 0 unspecified atom stereocenters. The van der Waals surface area contributed by atoms with Crippen LogP contribution in [0.2, 0.25) is 0 Å². The number of carbonyl (C=O) groups is 1. The number of amides is 1. The molecule has 6 heteroatoms. The number of rotatable bonds is 4. The summed E-state index contributed by atoms with van der Waals surface area (Å²) in [7, 11) is 1.72. The van der Waals surface area contributed by atoms with Crippen LogP contribution in [-0.4, -0.2) is 17.9 Å². The van der Waals surface area contributed by atoms with Gasteiger partial charge in [-0.2, -0.15) is 0 Å². The van der Waals surface area contributed by atoms with Crippen molar-refractivity contribution < 1.29 is 9.72 Å². The molecule has 2 rings (SSSR count). The molecule has 0 saturated heterocycles. The molecule has 0 bridgehead atoms. The van der Waals surface area contributed by atoms with Gasteiger partial charge in [-0.15, -0.1) is 0 Å². The highest BCUT2D eigenvalue weighted by Gasteiger charge is 2.08. The molecule has 21 heavy (non-hydrogen) atoms. The first kappa shape index (κ1) is 15.1. The molecule has 0 aliphatic rings. The zero-order valence-electron chi connectivity index (χ0n) is 11.6. The lowest BCUT2D eigenvalue weighted by molar-refractivity contribution is -0.384. The molecule has 0 radical (unpaired) electrons. The van der Waals surface area contributed by atoms with E-state index < -0.39 is 4.92 Å². The van der Waals surface area contributed by atoms with Crippen molar-refractivity contribution in [2.24, 2.45) is 0 Å². The molecule has 5 nitrogen and oxygen atoms in total. The second-order valence-electron chi connectivity index (χ2n) is 4.43. The van der Waals surface area contributed by atoms with Crippen LogP contribution in [-0.2, 0) is 4.79 Å². The molecule has 0 atom stereocenters. The normalized spacial score (nSPS) is 10.2. The van der Waals surface area contributed by atoms with Gasteiger partial charge in [0.2, 0.25) is 5.91 Å². The molecule has 0 saturated carbocycles. The highest BCUT2D eigenvalue weighted by Crippen LogP contribution is 2.31. The molecule has 2 aromatic rings. The van der Waals surface area contributed by atoms with Gasteiger partial charge in [-0.3, -0.25) is 14.9 Å². The number of nitro groups is 1. The van der Waals surface area contributed by atoms with Crippen molar-refractivity contribution >= 4 is 29.0 Å². The van der Waals surface area contributed by atoms with E-state index in [1.807, 2.05) is 24.3 Å². The summed E-state index contributed by atoms with van der Waals surface area (Å²) in [5, 5.41) is 10.6. The fraction of sp³-hybridized carbons (Fsp3) is 0.133. The lowest BCUT2D eigenvalue weighted by Gasteiger charge is -2.15. The summed E-state index contributed by atoms with van der Waals surface area (Å²) < 4.78 is 0. The van der Waals surface area contributed by atoms with Gasteiger partial charge < -0.3 is 4.90 Å². The average molecular weight is 302 g/mol. The average Bonchev–Trinajstić information content (AvgIpc) is 2.47. The summed E-state index contributed by atoms with van der Waals surface area (Å²) in [5.74, 6) is -0.0347. The number of nitrogens with zero attached hydrogens (tertiary/aromatic N) is 2. The summed E-state index contributed by atoms with van der Waals surface area (Å²) in [6.45, 7) is 1.51.